The minimum atomic E-state index is -4.74. The van der Waals surface area contributed by atoms with E-state index < -0.39 is 47.6 Å². The van der Waals surface area contributed by atoms with Crippen LogP contribution in [0, 0.1) is 11.6 Å². The first-order valence-electron chi connectivity index (χ1n) is 24.1. The van der Waals surface area contributed by atoms with Gasteiger partial charge in [0, 0.05) is 29.7 Å². The molecule has 0 aliphatic heterocycles. The number of anilines is 3. The molecule has 402 valence electrons. The normalized spacial score (nSPS) is 16.1. The molecule has 76 heavy (non-hydrogen) atoms. The molecule has 8 aromatic rings. The maximum absolute atomic E-state index is 13.9. The molecule has 0 radical (unpaired) electrons. The van der Waals surface area contributed by atoms with Crippen LogP contribution in [-0.2, 0) is 31.6 Å². The van der Waals surface area contributed by atoms with Crippen molar-refractivity contribution < 1.29 is 57.8 Å². The molecule has 2 aromatic carbocycles. The summed E-state index contributed by atoms with van der Waals surface area (Å²) in [5.74, 6) is -4.27. The number of methoxy groups -OCH3 is 2. The minimum Gasteiger partial charge on any atom is -0.493 e. The number of rotatable bonds is 13. The summed E-state index contributed by atoms with van der Waals surface area (Å²) >= 11 is 0. The van der Waals surface area contributed by atoms with E-state index in [1.165, 1.54) is 43.6 Å². The van der Waals surface area contributed by atoms with Crippen LogP contribution in [0.4, 0.5) is 65.7 Å². The highest BCUT2D eigenvalue weighted by atomic mass is 19.4. The molecule has 0 spiro atoms. The summed E-state index contributed by atoms with van der Waals surface area (Å²) in [7, 11) is 3.05. The third-order valence-corrected chi connectivity index (χ3v) is 12.8. The Morgan fingerprint density at radius 1 is 0.526 bits per heavy atom. The van der Waals surface area contributed by atoms with Gasteiger partial charge in [0.1, 0.15) is 16.6 Å². The number of nitrogens with one attached hydrogen (secondary N) is 3. The number of ether oxygens (including phenoxy) is 2. The molecule has 3 N–H and O–H groups in total. The summed E-state index contributed by atoms with van der Waals surface area (Å²) in [5, 5.41) is 8.97. The lowest BCUT2D eigenvalue weighted by Crippen LogP contribution is -2.15. The molecule has 0 amide bonds. The second-order valence-corrected chi connectivity index (χ2v) is 18.7. The van der Waals surface area contributed by atoms with Crippen molar-refractivity contribution in [1.82, 2.24) is 58.6 Å². The van der Waals surface area contributed by atoms with E-state index in [1.807, 2.05) is 6.07 Å². The van der Waals surface area contributed by atoms with E-state index in [0.29, 0.717) is 22.5 Å². The van der Waals surface area contributed by atoms with E-state index in [-0.39, 0.29) is 82.7 Å². The molecule has 4 saturated carbocycles. The van der Waals surface area contributed by atoms with Crippen molar-refractivity contribution in [3.05, 3.63) is 95.6 Å². The number of halogens is 11. The Hall–Kier alpha value is -7.68. The van der Waals surface area contributed by atoms with Crippen LogP contribution in [-0.4, -0.2) is 90.9 Å². The number of nitrogens with zero attached hydrogens (tertiary/aromatic N) is 12. The second-order valence-electron chi connectivity index (χ2n) is 18.7. The van der Waals surface area contributed by atoms with Crippen LogP contribution in [0.5, 0.6) is 11.5 Å². The van der Waals surface area contributed by atoms with Crippen molar-refractivity contribution in [2.75, 3.05) is 30.2 Å². The van der Waals surface area contributed by atoms with Gasteiger partial charge < -0.3 is 39.1 Å². The Bertz CT molecular complexity index is 3390. The van der Waals surface area contributed by atoms with Gasteiger partial charge in [-0.2, -0.15) is 39.5 Å². The second kappa shape index (κ2) is 20.5. The molecule has 28 heteroatoms. The lowest BCUT2D eigenvalue weighted by molar-refractivity contribution is -0.145. The first-order chi connectivity index (χ1) is 36.2. The number of fused-ring (bicyclic) bond motifs is 3. The van der Waals surface area contributed by atoms with Crippen molar-refractivity contribution in [3.8, 4) is 11.5 Å². The monoisotopic (exact) mass is 1070 g/mol. The van der Waals surface area contributed by atoms with Crippen LogP contribution < -0.4 is 25.4 Å². The van der Waals surface area contributed by atoms with Gasteiger partial charge in [-0.15, -0.1) is 0 Å². The van der Waals surface area contributed by atoms with Gasteiger partial charge in [-0.3, -0.25) is 0 Å². The molecule has 6 heterocycles. The molecule has 4 aliphatic rings. The van der Waals surface area contributed by atoms with Gasteiger partial charge >= 0.3 is 18.5 Å². The molecule has 0 saturated heterocycles. The van der Waals surface area contributed by atoms with Gasteiger partial charge in [0.05, 0.1) is 46.3 Å². The fourth-order valence-corrected chi connectivity index (χ4v) is 8.46. The molecule has 17 nitrogen and oxygen atoms in total. The molecule has 12 rings (SSSR count). The highest BCUT2D eigenvalue weighted by Gasteiger charge is 2.40. The average molecular weight is 1070 g/mol. The molecule has 4 fully saturated rings. The van der Waals surface area contributed by atoms with Crippen LogP contribution in [0.3, 0.4) is 0 Å². The SMILES string of the molecule is COc1ccc(Cn2cnc3c(NC4CC4)nc(C(F)(F)F)nc32)cc1OC.FC(F)(F)c1nc(NC2CC2)c2ncn(C3CCCC3)c2n1.Fc1cccc(Cn2cnc3c(NC4CC4)nc(C(F)(F)F)nc32)c1F. The van der Waals surface area contributed by atoms with Crippen LogP contribution in [0.1, 0.15) is 98.9 Å². The number of hydrogen-bond acceptors (Lipinski definition) is 14. The van der Waals surface area contributed by atoms with Gasteiger partial charge in [-0.05, 0) is 75.1 Å². The smallest absolute Gasteiger partial charge is 0.451 e. The maximum atomic E-state index is 13.9. The molecule has 6 aromatic heterocycles. The molecular formula is C48H46F11N15O2. The number of benzene rings is 2. The largest absolute Gasteiger partial charge is 0.493 e. The zero-order chi connectivity index (χ0) is 53.7. The highest BCUT2D eigenvalue weighted by Crippen LogP contribution is 2.38. The van der Waals surface area contributed by atoms with Gasteiger partial charge in [0.25, 0.3) is 0 Å². The fraction of sp³-hybridized carbons (Fsp3) is 0.438. The Balaban J connectivity index is 0.000000130. The average Bonchev–Trinajstić information content (AvgIpc) is 4.36. The minimum absolute atomic E-state index is 0.0108. The van der Waals surface area contributed by atoms with Crippen LogP contribution in [0.25, 0.3) is 33.5 Å². The maximum Gasteiger partial charge on any atom is 0.451 e. The Kier molecular flexibility index (Phi) is 13.9. The summed E-state index contributed by atoms with van der Waals surface area (Å²) in [6.07, 6.45) is -0.147. The van der Waals surface area contributed by atoms with Gasteiger partial charge in [-0.1, -0.05) is 31.0 Å². The molecule has 0 bridgehead atoms. The zero-order valence-electron chi connectivity index (χ0n) is 40.3. The van der Waals surface area contributed by atoms with Crippen molar-refractivity contribution >= 4 is 50.9 Å². The van der Waals surface area contributed by atoms with E-state index in [9.17, 15) is 48.3 Å². The highest BCUT2D eigenvalue weighted by molar-refractivity contribution is 5.85. The van der Waals surface area contributed by atoms with Gasteiger partial charge in [-0.25, -0.2) is 53.6 Å². The third kappa shape index (κ3) is 11.6. The Morgan fingerprint density at radius 2 is 0.974 bits per heavy atom. The summed E-state index contributed by atoms with van der Waals surface area (Å²) < 4.78 is 161. The van der Waals surface area contributed by atoms with Crippen LogP contribution >= 0.6 is 0 Å². The van der Waals surface area contributed by atoms with Gasteiger partial charge in [0.2, 0.25) is 17.5 Å². The van der Waals surface area contributed by atoms with Crippen molar-refractivity contribution in [1.29, 1.82) is 0 Å². The van der Waals surface area contributed by atoms with E-state index in [0.717, 1.165) is 75.8 Å². The van der Waals surface area contributed by atoms with Crippen LogP contribution in [0.2, 0.25) is 0 Å². The first-order valence-corrected chi connectivity index (χ1v) is 24.1. The lowest BCUT2D eigenvalue weighted by Gasteiger charge is -2.14. The number of hydrogen-bond donors (Lipinski definition) is 3. The summed E-state index contributed by atoms with van der Waals surface area (Å²) in [6.45, 7) is 0.0608. The van der Waals surface area contributed by atoms with E-state index >= 15 is 0 Å². The molecule has 4 aliphatic carbocycles. The quantitative estimate of drug-likeness (QED) is 0.0926. The topological polar surface area (TPSA) is 185 Å². The predicted molar refractivity (Wildman–Crippen MR) is 253 cm³/mol. The van der Waals surface area contributed by atoms with Crippen molar-refractivity contribution in [3.63, 3.8) is 0 Å². The Morgan fingerprint density at radius 3 is 1.43 bits per heavy atom. The third-order valence-electron chi connectivity index (χ3n) is 12.8. The Labute approximate surface area is 423 Å². The fourth-order valence-electron chi connectivity index (χ4n) is 8.46. The zero-order valence-corrected chi connectivity index (χ0v) is 40.3. The molecular weight excluding hydrogens is 1030 g/mol. The standard InChI is InChI=1S/C18H18F3N5O2.C16H12F5N5.C14H16F3N5/c1-27-12-6-3-10(7-13(12)28-2)8-26-9-22-14-15(23-11-4-5-11)24-17(18(19,20)21)25-16(14)26;17-10-3-1-2-8(11(10)18)6-26-7-22-12-13(23-9-4-5-9)24-15(16(19,20)21)25-14(12)26;15-14(16,17)13-20-11(19-8-5-6-8)10-12(21-13)22(7-18-10)9-3-1-2-4-9/h3,6-7,9,11H,4-5,8H2,1-2H3,(H,23,24,25);1-3,7,9H,4-6H2,(H,23,24,25);7-9H,1-6H2,(H,19,20,21). The molecule has 0 unspecified atom stereocenters. The summed E-state index contributed by atoms with van der Waals surface area (Å²) in [6, 6.07) is 9.53. The number of aromatic nitrogens is 12. The number of alkyl halides is 9. The lowest BCUT2D eigenvalue weighted by atomic mass is 10.2. The number of imidazole rings is 3. The molecule has 0 atom stereocenters. The summed E-state index contributed by atoms with van der Waals surface area (Å²) in [5.41, 5.74) is 2.01. The predicted octanol–water partition coefficient (Wildman–Crippen LogP) is 10.8. The van der Waals surface area contributed by atoms with E-state index in [4.69, 9.17) is 9.47 Å². The van der Waals surface area contributed by atoms with Crippen LogP contribution in [0.15, 0.2) is 55.4 Å². The van der Waals surface area contributed by atoms with Crippen molar-refractivity contribution in [2.24, 2.45) is 0 Å². The summed E-state index contributed by atoms with van der Waals surface area (Å²) in [4.78, 5) is 34.5. The first kappa shape index (κ1) is 51.8. The van der Waals surface area contributed by atoms with E-state index in [1.54, 1.807) is 27.6 Å². The van der Waals surface area contributed by atoms with E-state index in [2.05, 4.69) is 60.8 Å². The van der Waals surface area contributed by atoms with Crippen molar-refractivity contribution in [2.45, 2.75) is 120 Å². The van der Waals surface area contributed by atoms with Gasteiger partial charge in [0.15, 0.2) is 57.5 Å².